The quantitative estimate of drug-likeness (QED) is 0.377. The van der Waals surface area contributed by atoms with Gasteiger partial charge >= 0.3 is 0 Å². The van der Waals surface area contributed by atoms with Crippen LogP contribution in [0.5, 0.6) is 0 Å². The fourth-order valence-electron chi connectivity index (χ4n) is 3.46. The number of benzene rings is 3. The molecule has 3 aromatic carbocycles. The third-order valence-corrected chi connectivity index (χ3v) is 5.96. The summed E-state index contributed by atoms with van der Waals surface area (Å²) in [6, 6.07) is 25.7. The van der Waals surface area contributed by atoms with E-state index in [0.717, 1.165) is 10.6 Å². The third kappa shape index (κ3) is 3.23. The van der Waals surface area contributed by atoms with Crippen LogP contribution in [0.25, 0.3) is 32.1 Å². The van der Waals surface area contributed by atoms with E-state index >= 15 is 0 Å². The van der Waals surface area contributed by atoms with E-state index in [1.807, 2.05) is 24.5 Å². The summed E-state index contributed by atoms with van der Waals surface area (Å²) in [5.74, 6) is 0. The number of nitrogens with one attached hydrogen (secondary N) is 1. The molecule has 4 heteroatoms. The molecule has 2 heterocycles. The highest BCUT2D eigenvalue weighted by atomic mass is 32.1. The molecule has 0 unspecified atom stereocenters. The number of pyridine rings is 1. The fourth-order valence-corrected chi connectivity index (χ4v) is 4.45. The van der Waals surface area contributed by atoms with E-state index in [2.05, 4.69) is 77.9 Å². The van der Waals surface area contributed by atoms with Crippen LogP contribution in [0.3, 0.4) is 0 Å². The summed E-state index contributed by atoms with van der Waals surface area (Å²) in [5.41, 5.74) is 4.64. The molecule has 2 aromatic heterocycles. The van der Waals surface area contributed by atoms with Crippen molar-refractivity contribution in [1.29, 1.82) is 0 Å². The number of hydrogen-bond donors (Lipinski definition) is 1. The van der Waals surface area contributed by atoms with E-state index in [1.165, 1.54) is 32.2 Å². The van der Waals surface area contributed by atoms with Gasteiger partial charge in [-0.25, -0.2) is 4.98 Å². The van der Waals surface area contributed by atoms with Crippen molar-refractivity contribution in [2.75, 3.05) is 5.32 Å². The molecule has 0 saturated heterocycles. The number of rotatable bonds is 4. The van der Waals surface area contributed by atoms with E-state index in [1.54, 1.807) is 11.3 Å². The second-order valence-electron chi connectivity index (χ2n) is 6.91. The topological polar surface area (TPSA) is 37.8 Å². The van der Waals surface area contributed by atoms with Crippen LogP contribution < -0.4 is 5.32 Å². The minimum absolute atomic E-state index is 0.185. The number of aromatic nitrogens is 2. The molecule has 5 rings (SSSR count). The molecule has 0 radical (unpaired) electrons. The van der Waals surface area contributed by atoms with Crippen molar-refractivity contribution < 1.29 is 0 Å². The van der Waals surface area contributed by atoms with Gasteiger partial charge in [0.15, 0.2) is 5.13 Å². The van der Waals surface area contributed by atoms with Gasteiger partial charge in [0.1, 0.15) is 0 Å². The van der Waals surface area contributed by atoms with Crippen molar-refractivity contribution in [3.63, 3.8) is 0 Å². The van der Waals surface area contributed by atoms with Crippen molar-refractivity contribution in [3.05, 3.63) is 90.8 Å². The molecule has 0 fully saturated rings. The third-order valence-electron chi connectivity index (χ3n) is 5.02. The molecule has 0 aliphatic heterocycles. The van der Waals surface area contributed by atoms with E-state index in [0.29, 0.717) is 0 Å². The largest absolute Gasteiger partial charge is 0.355 e. The van der Waals surface area contributed by atoms with Gasteiger partial charge in [0.25, 0.3) is 0 Å². The Labute approximate surface area is 167 Å². The minimum atomic E-state index is 0.185. The smallest absolute Gasteiger partial charge is 0.184 e. The maximum Gasteiger partial charge on any atom is 0.184 e. The monoisotopic (exact) mass is 381 g/mol. The molecule has 0 aliphatic carbocycles. The Kier molecular flexibility index (Phi) is 4.26. The SMILES string of the molecule is C[C@@H](Nc1nc2ccc(-c3ccncc3)cc2s1)c1ccc2ccccc2c1. The van der Waals surface area contributed by atoms with Gasteiger partial charge in [0.05, 0.1) is 16.3 Å². The number of fused-ring (bicyclic) bond motifs is 2. The second kappa shape index (κ2) is 7.06. The maximum absolute atomic E-state index is 4.77. The molecule has 3 nitrogen and oxygen atoms in total. The zero-order valence-electron chi connectivity index (χ0n) is 15.5. The van der Waals surface area contributed by atoms with Crippen LogP contribution >= 0.6 is 11.3 Å². The second-order valence-corrected chi connectivity index (χ2v) is 7.94. The van der Waals surface area contributed by atoms with Gasteiger partial charge in [-0.1, -0.05) is 53.8 Å². The molecular weight excluding hydrogens is 362 g/mol. The summed E-state index contributed by atoms with van der Waals surface area (Å²) >= 11 is 1.69. The Morgan fingerprint density at radius 2 is 1.64 bits per heavy atom. The van der Waals surface area contributed by atoms with Gasteiger partial charge < -0.3 is 5.32 Å². The molecule has 1 N–H and O–H groups in total. The van der Waals surface area contributed by atoms with Crippen molar-refractivity contribution in [2.45, 2.75) is 13.0 Å². The Bertz CT molecular complexity index is 1260. The highest BCUT2D eigenvalue weighted by Gasteiger charge is 2.11. The Morgan fingerprint density at radius 3 is 2.50 bits per heavy atom. The summed E-state index contributed by atoms with van der Waals surface area (Å²) in [6.45, 7) is 2.18. The maximum atomic E-state index is 4.77. The van der Waals surface area contributed by atoms with Gasteiger partial charge in [-0.3, -0.25) is 4.98 Å². The minimum Gasteiger partial charge on any atom is -0.355 e. The summed E-state index contributed by atoms with van der Waals surface area (Å²) < 4.78 is 1.18. The lowest BCUT2D eigenvalue weighted by atomic mass is 10.0. The number of thiazole rings is 1. The molecule has 0 amide bonds. The number of nitrogens with zero attached hydrogens (tertiary/aromatic N) is 2. The molecule has 136 valence electrons. The van der Waals surface area contributed by atoms with Crippen LogP contribution in [-0.2, 0) is 0 Å². The Balaban J connectivity index is 1.42. The van der Waals surface area contributed by atoms with Crippen molar-refractivity contribution in [1.82, 2.24) is 9.97 Å². The van der Waals surface area contributed by atoms with Gasteiger partial charge in [0.2, 0.25) is 0 Å². The molecule has 0 aliphatic rings. The zero-order valence-corrected chi connectivity index (χ0v) is 16.3. The molecular formula is C24H19N3S. The van der Waals surface area contributed by atoms with Crippen LogP contribution in [0, 0.1) is 0 Å². The summed E-state index contributed by atoms with van der Waals surface area (Å²) in [5, 5.41) is 7.05. The lowest BCUT2D eigenvalue weighted by Gasteiger charge is -2.14. The first-order valence-electron chi connectivity index (χ1n) is 9.32. The zero-order chi connectivity index (χ0) is 18.9. The Morgan fingerprint density at radius 1 is 0.821 bits per heavy atom. The molecule has 5 aromatic rings. The van der Waals surface area contributed by atoms with Crippen LogP contribution in [0.15, 0.2) is 85.2 Å². The lowest BCUT2D eigenvalue weighted by Crippen LogP contribution is -2.06. The van der Waals surface area contributed by atoms with Crippen LogP contribution in [0.4, 0.5) is 5.13 Å². The molecule has 1 atom stereocenters. The van der Waals surface area contributed by atoms with E-state index in [-0.39, 0.29) is 6.04 Å². The van der Waals surface area contributed by atoms with Crippen LogP contribution in [-0.4, -0.2) is 9.97 Å². The first-order valence-corrected chi connectivity index (χ1v) is 10.1. The average Bonchev–Trinajstić information content (AvgIpc) is 3.15. The fraction of sp³-hybridized carbons (Fsp3) is 0.0833. The standard InChI is InChI=1S/C24H19N3S/c1-16(19-7-6-17-4-2-3-5-20(17)14-19)26-24-27-22-9-8-21(15-23(22)28-24)18-10-12-25-13-11-18/h2-16H,1H3,(H,26,27)/t16-/m1/s1. The lowest BCUT2D eigenvalue weighted by molar-refractivity contribution is 0.885. The van der Waals surface area contributed by atoms with Crippen molar-refractivity contribution >= 4 is 37.5 Å². The van der Waals surface area contributed by atoms with Gasteiger partial charge in [-0.2, -0.15) is 0 Å². The van der Waals surface area contributed by atoms with E-state index in [4.69, 9.17) is 4.98 Å². The first kappa shape index (κ1) is 16.9. The number of hydrogen-bond acceptors (Lipinski definition) is 4. The number of anilines is 1. The highest BCUT2D eigenvalue weighted by molar-refractivity contribution is 7.22. The average molecular weight is 382 g/mol. The van der Waals surface area contributed by atoms with Crippen molar-refractivity contribution in [3.8, 4) is 11.1 Å². The van der Waals surface area contributed by atoms with Gasteiger partial charge in [-0.05, 0) is 64.7 Å². The van der Waals surface area contributed by atoms with E-state index in [9.17, 15) is 0 Å². The summed E-state index contributed by atoms with van der Waals surface area (Å²) in [7, 11) is 0. The van der Waals surface area contributed by atoms with Gasteiger partial charge in [0, 0.05) is 12.4 Å². The van der Waals surface area contributed by atoms with Crippen LogP contribution in [0.2, 0.25) is 0 Å². The predicted molar refractivity (Wildman–Crippen MR) is 119 cm³/mol. The normalized spacial score (nSPS) is 12.3. The van der Waals surface area contributed by atoms with Crippen LogP contribution in [0.1, 0.15) is 18.5 Å². The predicted octanol–water partition coefficient (Wildman–Crippen LogP) is 6.68. The summed E-state index contributed by atoms with van der Waals surface area (Å²) in [6.07, 6.45) is 3.65. The van der Waals surface area contributed by atoms with Gasteiger partial charge in [-0.15, -0.1) is 0 Å². The molecule has 0 bridgehead atoms. The molecule has 0 spiro atoms. The molecule has 0 saturated carbocycles. The van der Waals surface area contributed by atoms with E-state index < -0.39 is 0 Å². The molecule has 28 heavy (non-hydrogen) atoms. The van der Waals surface area contributed by atoms with Crippen molar-refractivity contribution in [2.24, 2.45) is 0 Å². The summed E-state index contributed by atoms with van der Waals surface area (Å²) in [4.78, 5) is 8.87. The highest BCUT2D eigenvalue weighted by Crippen LogP contribution is 2.32. The Hall–Kier alpha value is -3.24. The first-order chi connectivity index (χ1) is 13.8.